The highest BCUT2D eigenvalue weighted by atomic mass is 32.2. The smallest absolute Gasteiger partial charge is 0.224 e. The lowest BCUT2D eigenvalue weighted by Crippen LogP contribution is -2.26. The molecule has 0 saturated carbocycles. The Balaban J connectivity index is 1.70. The number of hydrogen-bond acceptors (Lipinski definition) is 4. The van der Waals surface area contributed by atoms with Crippen molar-refractivity contribution in [3.8, 4) is 0 Å². The maximum absolute atomic E-state index is 12.8. The first-order valence-electron chi connectivity index (χ1n) is 11.6. The van der Waals surface area contributed by atoms with E-state index < -0.39 is 9.84 Å². The van der Waals surface area contributed by atoms with E-state index in [1.54, 1.807) is 0 Å². The summed E-state index contributed by atoms with van der Waals surface area (Å²) in [5, 5.41) is 5.97. The van der Waals surface area contributed by atoms with Crippen LogP contribution in [0.4, 0.5) is 11.4 Å². The largest absolute Gasteiger partial charge is 0.326 e. The molecular weight excluding hydrogens is 436 g/mol. The Kier molecular flexibility index (Phi) is 7.95. The first-order chi connectivity index (χ1) is 15.6. The Labute approximate surface area is 197 Å². The van der Waals surface area contributed by atoms with Crippen molar-refractivity contribution in [2.24, 2.45) is 11.8 Å². The Morgan fingerprint density at radius 1 is 0.788 bits per heavy atom. The molecule has 2 aromatic rings. The van der Waals surface area contributed by atoms with Crippen molar-refractivity contribution in [3.63, 3.8) is 0 Å². The van der Waals surface area contributed by atoms with Gasteiger partial charge in [-0.25, -0.2) is 8.42 Å². The summed E-state index contributed by atoms with van der Waals surface area (Å²) in [4.78, 5) is 25.7. The first kappa shape index (κ1) is 25.0. The van der Waals surface area contributed by atoms with Crippen LogP contribution in [0.15, 0.2) is 36.4 Å². The fraction of sp³-hybridized carbons (Fsp3) is 0.462. The summed E-state index contributed by atoms with van der Waals surface area (Å²) in [6, 6.07) is 11.8. The molecule has 1 aliphatic rings. The molecular formula is C26H34N2O4S. The number of hydrogen-bond donors (Lipinski definition) is 2. The summed E-state index contributed by atoms with van der Waals surface area (Å²) in [7, 11) is -3.28. The van der Waals surface area contributed by atoms with Gasteiger partial charge in [0.25, 0.3) is 0 Å². The molecule has 2 amide bonds. The van der Waals surface area contributed by atoms with Crippen LogP contribution in [-0.2, 0) is 32.3 Å². The van der Waals surface area contributed by atoms with Gasteiger partial charge in [0.2, 0.25) is 11.8 Å². The van der Waals surface area contributed by atoms with Gasteiger partial charge in [-0.2, -0.15) is 0 Å². The molecule has 178 valence electrons. The number of benzene rings is 2. The van der Waals surface area contributed by atoms with Crippen LogP contribution in [-0.4, -0.2) is 31.7 Å². The summed E-state index contributed by atoms with van der Waals surface area (Å²) < 4.78 is 24.8. The van der Waals surface area contributed by atoms with Crippen LogP contribution in [0.2, 0.25) is 0 Å². The molecule has 2 N–H and O–H groups in total. The van der Waals surface area contributed by atoms with E-state index in [2.05, 4.69) is 10.6 Å². The van der Waals surface area contributed by atoms with Gasteiger partial charge in [0.1, 0.15) is 0 Å². The number of carbonyl (C=O) groups is 2. The third kappa shape index (κ3) is 6.22. The van der Waals surface area contributed by atoms with Gasteiger partial charge in [0.05, 0.1) is 11.5 Å². The molecule has 0 bridgehead atoms. The summed E-state index contributed by atoms with van der Waals surface area (Å²) in [5.74, 6) is -1.29. The predicted molar refractivity (Wildman–Crippen MR) is 133 cm³/mol. The molecule has 0 unspecified atom stereocenters. The maximum atomic E-state index is 12.8. The van der Waals surface area contributed by atoms with Crippen molar-refractivity contribution < 1.29 is 18.0 Å². The second kappa shape index (κ2) is 10.5. The Hall–Kier alpha value is -2.67. The molecule has 1 heterocycles. The monoisotopic (exact) mass is 470 g/mol. The number of aryl methyl sites for hydroxylation is 4. The highest BCUT2D eigenvalue weighted by Crippen LogP contribution is 2.32. The zero-order chi connectivity index (χ0) is 24.2. The van der Waals surface area contributed by atoms with Crippen molar-refractivity contribution >= 4 is 33.0 Å². The number of amides is 2. The van der Waals surface area contributed by atoms with Crippen molar-refractivity contribution in [3.05, 3.63) is 58.7 Å². The van der Waals surface area contributed by atoms with E-state index in [4.69, 9.17) is 0 Å². The number of sulfone groups is 1. The Morgan fingerprint density at radius 3 is 1.55 bits per heavy atom. The second-order valence-corrected chi connectivity index (χ2v) is 11.2. The molecule has 3 rings (SSSR count). The van der Waals surface area contributed by atoms with Gasteiger partial charge in [-0.3, -0.25) is 9.59 Å². The lowest BCUT2D eigenvalue weighted by atomic mass is 9.89. The maximum Gasteiger partial charge on any atom is 0.224 e. The van der Waals surface area contributed by atoms with Crippen molar-refractivity contribution in [1.29, 1.82) is 0 Å². The molecule has 2 atom stereocenters. The molecule has 0 aliphatic carbocycles. The van der Waals surface area contributed by atoms with E-state index in [-0.39, 0.29) is 48.0 Å². The molecule has 6 nitrogen and oxygen atoms in total. The quantitative estimate of drug-likeness (QED) is 0.596. The van der Waals surface area contributed by atoms with E-state index in [9.17, 15) is 18.0 Å². The summed E-state index contributed by atoms with van der Waals surface area (Å²) >= 11 is 0. The number of para-hydroxylation sites is 2. The average Bonchev–Trinajstić information content (AvgIpc) is 3.03. The molecule has 0 radical (unpaired) electrons. The highest BCUT2D eigenvalue weighted by Gasteiger charge is 2.39. The van der Waals surface area contributed by atoms with Gasteiger partial charge >= 0.3 is 0 Å². The van der Waals surface area contributed by atoms with Crippen molar-refractivity contribution in [1.82, 2.24) is 0 Å². The number of anilines is 2. The average molecular weight is 471 g/mol. The van der Waals surface area contributed by atoms with Crippen LogP contribution >= 0.6 is 0 Å². The molecule has 33 heavy (non-hydrogen) atoms. The second-order valence-electron chi connectivity index (χ2n) is 9.03. The summed E-state index contributed by atoms with van der Waals surface area (Å²) in [5.41, 5.74) is 5.63. The van der Waals surface area contributed by atoms with Gasteiger partial charge in [0.15, 0.2) is 9.84 Å². The Bertz CT molecular complexity index is 1060. The SMILES string of the molecule is CCc1cccc(C)c1NC(=O)C[C@@H]1CS(=O)(=O)C[C@@H]1CC(=O)Nc1c(C)cccc1CC. The van der Waals surface area contributed by atoms with Crippen LogP contribution in [0.5, 0.6) is 0 Å². The van der Waals surface area contributed by atoms with Gasteiger partial charge in [0, 0.05) is 24.2 Å². The fourth-order valence-corrected chi connectivity index (χ4v) is 6.93. The molecule has 7 heteroatoms. The van der Waals surface area contributed by atoms with E-state index in [1.807, 2.05) is 64.1 Å². The van der Waals surface area contributed by atoms with Crippen molar-refractivity contribution in [2.45, 2.75) is 53.4 Å². The molecule has 2 aromatic carbocycles. The minimum absolute atomic E-state index is 0.0582. The molecule has 0 aromatic heterocycles. The number of nitrogens with one attached hydrogen (secondary N) is 2. The van der Waals surface area contributed by atoms with Gasteiger partial charge in [-0.05, 0) is 60.8 Å². The minimum Gasteiger partial charge on any atom is -0.326 e. The predicted octanol–water partition coefficient (Wildman–Crippen LogP) is 4.45. The van der Waals surface area contributed by atoms with E-state index in [0.717, 1.165) is 46.5 Å². The van der Waals surface area contributed by atoms with Crippen LogP contribution in [0.1, 0.15) is 48.9 Å². The van der Waals surface area contributed by atoms with Crippen LogP contribution in [0.25, 0.3) is 0 Å². The number of rotatable bonds is 8. The van der Waals surface area contributed by atoms with E-state index in [0.29, 0.717) is 0 Å². The third-order valence-electron chi connectivity index (χ3n) is 6.51. The molecule has 1 saturated heterocycles. The molecule has 1 aliphatic heterocycles. The zero-order valence-corrected chi connectivity index (χ0v) is 20.7. The van der Waals surface area contributed by atoms with Crippen LogP contribution in [0, 0.1) is 25.7 Å². The van der Waals surface area contributed by atoms with Crippen LogP contribution in [0.3, 0.4) is 0 Å². The summed E-state index contributed by atoms with van der Waals surface area (Å²) in [6.07, 6.45) is 1.74. The van der Waals surface area contributed by atoms with Crippen LogP contribution < -0.4 is 10.6 Å². The first-order valence-corrected chi connectivity index (χ1v) is 13.4. The standard InChI is InChI=1S/C26H34N2O4S/c1-5-19-11-7-9-17(3)25(19)27-23(29)13-21-15-33(31,32)16-22(21)14-24(30)28-26-18(4)10-8-12-20(26)6-2/h7-12,21-22H,5-6,13-16H2,1-4H3,(H,27,29)(H,28,30)/t21-,22+. The van der Waals surface area contributed by atoms with Crippen molar-refractivity contribution in [2.75, 3.05) is 22.1 Å². The lowest BCUT2D eigenvalue weighted by molar-refractivity contribution is -0.119. The highest BCUT2D eigenvalue weighted by molar-refractivity contribution is 7.91. The fourth-order valence-electron chi connectivity index (χ4n) is 4.70. The van der Waals surface area contributed by atoms with Gasteiger partial charge in [-0.1, -0.05) is 50.2 Å². The zero-order valence-electron chi connectivity index (χ0n) is 19.9. The summed E-state index contributed by atoms with van der Waals surface area (Å²) in [6.45, 7) is 7.94. The molecule has 1 fully saturated rings. The van der Waals surface area contributed by atoms with Gasteiger partial charge in [-0.15, -0.1) is 0 Å². The number of carbonyl (C=O) groups excluding carboxylic acids is 2. The van der Waals surface area contributed by atoms with E-state index >= 15 is 0 Å². The third-order valence-corrected chi connectivity index (χ3v) is 8.38. The molecule has 0 spiro atoms. The lowest BCUT2D eigenvalue weighted by Gasteiger charge is -2.19. The topological polar surface area (TPSA) is 92.3 Å². The Morgan fingerprint density at radius 2 is 1.18 bits per heavy atom. The minimum atomic E-state index is -3.28. The normalized spacial score (nSPS) is 19.3. The van der Waals surface area contributed by atoms with E-state index in [1.165, 1.54) is 0 Å². The van der Waals surface area contributed by atoms with Gasteiger partial charge < -0.3 is 10.6 Å².